The average Bonchev–Trinajstić information content (AvgIpc) is 2.64. The van der Waals surface area contributed by atoms with Gasteiger partial charge in [0.2, 0.25) is 0 Å². The van der Waals surface area contributed by atoms with Crippen molar-refractivity contribution >= 4 is 11.3 Å². The molecule has 0 aromatic carbocycles. The number of nitrogens with zero attached hydrogens (tertiary/aromatic N) is 1. The molecule has 4 heteroatoms. The highest BCUT2D eigenvalue weighted by atomic mass is 32.1. The van der Waals surface area contributed by atoms with E-state index in [-0.39, 0.29) is 6.10 Å². The van der Waals surface area contributed by atoms with Crippen molar-refractivity contribution in [2.24, 2.45) is 0 Å². The molecule has 0 fully saturated rings. The molecule has 0 aliphatic heterocycles. The third kappa shape index (κ3) is 5.07. The van der Waals surface area contributed by atoms with Crippen molar-refractivity contribution in [1.82, 2.24) is 10.2 Å². The van der Waals surface area contributed by atoms with Crippen LogP contribution in [0.25, 0.3) is 0 Å². The zero-order valence-electron chi connectivity index (χ0n) is 10.4. The molecule has 0 aliphatic rings. The van der Waals surface area contributed by atoms with Crippen LogP contribution in [-0.2, 0) is 13.0 Å². The van der Waals surface area contributed by atoms with Gasteiger partial charge < -0.3 is 15.3 Å². The molecule has 16 heavy (non-hydrogen) atoms. The predicted molar refractivity (Wildman–Crippen MR) is 70.0 cm³/mol. The molecule has 0 saturated carbocycles. The van der Waals surface area contributed by atoms with Gasteiger partial charge in [0.05, 0.1) is 6.10 Å². The third-order valence-electron chi connectivity index (χ3n) is 2.32. The van der Waals surface area contributed by atoms with E-state index in [0.29, 0.717) is 13.1 Å². The Morgan fingerprint density at radius 3 is 2.62 bits per heavy atom. The molecule has 0 bridgehead atoms. The summed E-state index contributed by atoms with van der Waals surface area (Å²) in [7, 11) is 3.94. The number of hydrogen-bond acceptors (Lipinski definition) is 4. The van der Waals surface area contributed by atoms with Gasteiger partial charge in [0.25, 0.3) is 0 Å². The molecule has 0 radical (unpaired) electrons. The highest BCUT2D eigenvalue weighted by Gasteiger charge is 2.05. The smallest absolute Gasteiger partial charge is 0.0791 e. The van der Waals surface area contributed by atoms with E-state index >= 15 is 0 Å². The fourth-order valence-corrected chi connectivity index (χ4v) is 2.48. The summed E-state index contributed by atoms with van der Waals surface area (Å²) in [6, 6.07) is 4.34. The first kappa shape index (κ1) is 13.6. The molecular weight excluding hydrogens is 220 g/mol. The van der Waals surface area contributed by atoms with Gasteiger partial charge in [-0.05, 0) is 32.6 Å². The van der Waals surface area contributed by atoms with Crippen molar-refractivity contribution < 1.29 is 5.11 Å². The van der Waals surface area contributed by atoms with E-state index in [4.69, 9.17) is 0 Å². The van der Waals surface area contributed by atoms with Crippen LogP contribution in [0.1, 0.15) is 16.7 Å². The lowest BCUT2D eigenvalue weighted by Crippen LogP contribution is -2.34. The Morgan fingerprint density at radius 2 is 2.06 bits per heavy atom. The van der Waals surface area contributed by atoms with Crippen molar-refractivity contribution in [3.8, 4) is 0 Å². The van der Waals surface area contributed by atoms with Gasteiger partial charge >= 0.3 is 0 Å². The van der Waals surface area contributed by atoms with Gasteiger partial charge in [-0.25, -0.2) is 0 Å². The standard InChI is InChI=1S/C12H22N2OS/c1-4-11-5-6-12(16-11)8-13-7-10(15)9-14(2)3/h5-6,10,13,15H,4,7-9H2,1-3H3. The summed E-state index contributed by atoms with van der Waals surface area (Å²) in [5.41, 5.74) is 0. The van der Waals surface area contributed by atoms with E-state index in [9.17, 15) is 5.11 Å². The number of aryl methyl sites for hydroxylation is 1. The van der Waals surface area contributed by atoms with Crippen LogP contribution in [0, 0.1) is 0 Å². The van der Waals surface area contributed by atoms with Crippen LogP contribution < -0.4 is 5.32 Å². The van der Waals surface area contributed by atoms with Crippen molar-refractivity contribution in [3.63, 3.8) is 0 Å². The second kappa shape index (κ2) is 7.01. The maximum absolute atomic E-state index is 9.65. The molecule has 3 nitrogen and oxygen atoms in total. The number of hydrogen-bond donors (Lipinski definition) is 2. The maximum atomic E-state index is 9.65. The molecule has 0 spiro atoms. The summed E-state index contributed by atoms with van der Waals surface area (Å²) in [4.78, 5) is 4.76. The molecule has 1 aromatic heterocycles. The van der Waals surface area contributed by atoms with Crippen LogP contribution in [-0.4, -0.2) is 43.3 Å². The van der Waals surface area contributed by atoms with Crippen LogP contribution in [0.15, 0.2) is 12.1 Å². The Labute approximate surface area is 102 Å². The molecule has 0 saturated heterocycles. The summed E-state index contributed by atoms with van der Waals surface area (Å²) >= 11 is 1.84. The van der Waals surface area contributed by atoms with E-state index in [1.807, 2.05) is 30.3 Å². The van der Waals surface area contributed by atoms with E-state index in [1.165, 1.54) is 9.75 Å². The van der Waals surface area contributed by atoms with Gasteiger partial charge in [0.15, 0.2) is 0 Å². The molecule has 92 valence electrons. The number of nitrogens with one attached hydrogen (secondary N) is 1. The predicted octanol–water partition coefficient (Wildman–Crippen LogP) is 1.32. The monoisotopic (exact) mass is 242 g/mol. The number of aliphatic hydroxyl groups is 1. The minimum atomic E-state index is -0.291. The first-order valence-corrected chi connectivity index (χ1v) is 6.54. The normalized spacial score (nSPS) is 13.3. The van der Waals surface area contributed by atoms with Gasteiger partial charge in [-0.1, -0.05) is 6.92 Å². The van der Waals surface area contributed by atoms with Gasteiger partial charge in [-0.3, -0.25) is 0 Å². The SMILES string of the molecule is CCc1ccc(CNCC(O)CN(C)C)s1. The Morgan fingerprint density at radius 1 is 1.38 bits per heavy atom. The zero-order chi connectivity index (χ0) is 12.0. The Kier molecular flexibility index (Phi) is 5.98. The first-order chi connectivity index (χ1) is 7.61. The van der Waals surface area contributed by atoms with E-state index < -0.39 is 0 Å². The largest absolute Gasteiger partial charge is 0.390 e. The van der Waals surface area contributed by atoms with Gasteiger partial charge in [-0.2, -0.15) is 0 Å². The summed E-state index contributed by atoms with van der Waals surface area (Å²) < 4.78 is 0. The zero-order valence-corrected chi connectivity index (χ0v) is 11.2. The van der Waals surface area contributed by atoms with Crippen molar-refractivity contribution in [3.05, 3.63) is 21.9 Å². The lowest BCUT2D eigenvalue weighted by molar-refractivity contribution is 0.134. The second-order valence-electron chi connectivity index (χ2n) is 4.27. The Hall–Kier alpha value is -0.420. The topological polar surface area (TPSA) is 35.5 Å². The van der Waals surface area contributed by atoms with E-state index in [2.05, 4.69) is 24.4 Å². The second-order valence-corrected chi connectivity index (χ2v) is 5.52. The van der Waals surface area contributed by atoms with Crippen LogP contribution >= 0.6 is 11.3 Å². The number of rotatable bonds is 7. The Balaban J connectivity index is 2.19. The lowest BCUT2D eigenvalue weighted by Gasteiger charge is -2.16. The maximum Gasteiger partial charge on any atom is 0.0791 e. The average molecular weight is 242 g/mol. The molecule has 0 amide bonds. The fourth-order valence-electron chi connectivity index (χ4n) is 1.56. The summed E-state index contributed by atoms with van der Waals surface area (Å²) in [5, 5.41) is 12.9. The van der Waals surface area contributed by atoms with Crippen molar-refractivity contribution in [1.29, 1.82) is 0 Å². The molecule has 1 rings (SSSR count). The van der Waals surface area contributed by atoms with Crippen molar-refractivity contribution in [2.75, 3.05) is 27.2 Å². The molecule has 1 heterocycles. The quantitative estimate of drug-likeness (QED) is 0.757. The summed E-state index contributed by atoms with van der Waals surface area (Å²) in [6.45, 7) is 4.38. The molecule has 1 aromatic rings. The minimum absolute atomic E-state index is 0.291. The highest BCUT2D eigenvalue weighted by Crippen LogP contribution is 2.16. The molecule has 0 aliphatic carbocycles. The number of likely N-dealkylation sites (N-methyl/N-ethyl adjacent to an activating group) is 1. The summed E-state index contributed by atoms with van der Waals surface area (Å²) in [5.74, 6) is 0. The van der Waals surface area contributed by atoms with Crippen LogP contribution in [0.2, 0.25) is 0 Å². The van der Waals surface area contributed by atoms with Gasteiger partial charge in [-0.15, -0.1) is 11.3 Å². The minimum Gasteiger partial charge on any atom is -0.390 e. The van der Waals surface area contributed by atoms with Crippen LogP contribution in [0.4, 0.5) is 0 Å². The van der Waals surface area contributed by atoms with Crippen molar-refractivity contribution in [2.45, 2.75) is 26.0 Å². The Bertz CT molecular complexity index is 299. The lowest BCUT2D eigenvalue weighted by atomic mass is 10.3. The molecule has 2 N–H and O–H groups in total. The van der Waals surface area contributed by atoms with E-state index in [0.717, 1.165) is 13.0 Å². The highest BCUT2D eigenvalue weighted by molar-refractivity contribution is 7.11. The fraction of sp³-hybridized carbons (Fsp3) is 0.667. The van der Waals surface area contributed by atoms with Crippen LogP contribution in [0.3, 0.4) is 0 Å². The van der Waals surface area contributed by atoms with Crippen LogP contribution in [0.5, 0.6) is 0 Å². The first-order valence-electron chi connectivity index (χ1n) is 5.73. The number of aliphatic hydroxyl groups excluding tert-OH is 1. The van der Waals surface area contributed by atoms with Gasteiger partial charge in [0.1, 0.15) is 0 Å². The third-order valence-corrected chi connectivity index (χ3v) is 3.55. The number of thiophene rings is 1. The van der Waals surface area contributed by atoms with E-state index in [1.54, 1.807) is 0 Å². The van der Waals surface area contributed by atoms with Gasteiger partial charge in [0, 0.05) is 29.4 Å². The molecular formula is C12H22N2OS. The molecule has 1 atom stereocenters. The molecule has 1 unspecified atom stereocenters. The summed E-state index contributed by atoms with van der Waals surface area (Å²) in [6.07, 6.45) is 0.814.